The molecule has 2 nitrogen and oxygen atoms in total. The maximum absolute atomic E-state index is 10.2. The van der Waals surface area contributed by atoms with E-state index in [2.05, 4.69) is 0 Å². The number of hydrogen-bond donors (Lipinski definition) is 1. The molecule has 0 aliphatic carbocycles. The smallest absolute Gasteiger partial charge is 0.303 e. The van der Waals surface area contributed by atoms with Gasteiger partial charge in [-0.15, -0.1) is 0 Å². The molecule has 1 N–H and O–H groups in total. The van der Waals surface area contributed by atoms with Crippen molar-refractivity contribution in [2.24, 2.45) is 0 Å². The molecule has 0 saturated heterocycles. The standard InChI is InChI=1S/C11H13BO2/c12-10-6-3-5-9(8-10)4-1-2-7-11(13)14/h3,5-6,8H,1-2,4,7H2,(H,13,14). The second-order valence-corrected chi connectivity index (χ2v) is 3.35. The minimum absolute atomic E-state index is 0.252. The third-order valence-corrected chi connectivity index (χ3v) is 2.06. The highest BCUT2D eigenvalue weighted by molar-refractivity contribution is 6.32. The second kappa shape index (κ2) is 5.48. The normalized spacial score (nSPS) is 10.0. The lowest BCUT2D eigenvalue weighted by atomic mass is 9.93. The van der Waals surface area contributed by atoms with Crippen molar-refractivity contribution in [2.75, 3.05) is 0 Å². The van der Waals surface area contributed by atoms with Crippen LogP contribution >= 0.6 is 0 Å². The van der Waals surface area contributed by atoms with Gasteiger partial charge in [0.25, 0.3) is 0 Å². The van der Waals surface area contributed by atoms with Crippen LogP contribution in [0.4, 0.5) is 0 Å². The van der Waals surface area contributed by atoms with E-state index >= 15 is 0 Å². The monoisotopic (exact) mass is 188 g/mol. The van der Waals surface area contributed by atoms with Crippen molar-refractivity contribution in [3.63, 3.8) is 0 Å². The highest BCUT2D eigenvalue weighted by Crippen LogP contribution is 2.04. The van der Waals surface area contributed by atoms with Crippen molar-refractivity contribution in [3.8, 4) is 0 Å². The maximum atomic E-state index is 10.2. The third-order valence-electron chi connectivity index (χ3n) is 2.06. The van der Waals surface area contributed by atoms with Crippen LogP contribution < -0.4 is 5.46 Å². The lowest BCUT2D eigenvalue weighted by Gasteiger charge is -2.01. The molecule has 14 heavy (non-hydrogen) atoms. The summed E-state index contributed by atoms with van der Waals surface area (Å²) in [7, 11) is 5.62. The van der Waals surface area contributed by atoms with E-state index in [1.165, 1.54) is 5.56 Å². The largest absolute Gasteiger partial charge is 0.481 e. The predicted octanol–water partition coefficient (Wildman–Crippen LogP) is 1.28. The Hall–Kier alpha value is -1.25. The van der Waals surface area contributed by atoms with Crippen molar-refractivity contribution >= 4 is 19.3 Å². The molecule has 0 fully saturated rings. The van der Waals surface area contributed by atoms with Crippen LogP contribution in [-0.4, -0.2) is 18.9 Å². The number of aryl methyl sites for hydroxylation is 1. The summed E-state index contributed by atoms with van der Waals surface area (Å²) < 4.78 is 0. The van der Waals surface area contributed by atoms with Crippen LogP contribution in [-0.2, 0) is 11.2 Å². The lowest BCUT2D eigenvalue weighted by molar-refractivity contribution is -0.137. The number of benzene rings is 1. The Morgan fingerprint density at radius 2 is 2.14 bits per heavy atom. The van der Waals surface area contributed by atoms with Gasteiger partial charge in [-0.25, -0.2) is 0 Å². The fourth-order valence-corrected chi connectivity index (χ4v) is 1.35. The second-order valence-electron chi connectivity index (χ2n) is 3.35. The quantitative estimate of drug-likeness (QED) is 0.558. The number of rotatable bonds is 5. The van der Waals surface area contributed by atoms with Gasteiger partial charge in [0.1, 0.15) is 7.85 Å². The van der Waals surface area contributed by atoms with Gasteiger partial charge in [-0.1, -0.05) is 29.7 Å². The predicted molar refractivity (Wildman–Crippen MR) is 57.0 cm³/mol. The number of unbranched alkanes of at least 4 members (excludes halogenated alkanes) is 1. The molecule has 1 rings (SSSR count). The van der Waals surface area contributed by atoms with E-state index in [-0.39, 0.29) is 6.42 Å². The number of aliphatic carboxylic acids is 1. The van der Waals surface area contributed by atoms with Crippen molar-refractivity contribution in [3.05, 3.63) is 29.8 Å². The molecule has 3 heteroatoms. The van der Waals surface area contributed by atoms with Crippen LogP contribution in [0.5, 0.6) is 0 Å². The molecule has 2 radical (unpaired) electrons. The van der Waals surface area contributed by atoms with Crippen molar-refractivity contribution < 1.29 is 9.90 Å². The number of carbonyl (C=O) groups is 1. The van der Waals surface area contributed by atoms with E-state index < -0.39 is 5.97 Å². The molecule has 0 bridgehead atoms. The summed E-state index contributed by atoms with van der Waals surface area (Å²) in [5.41, 5.74) is 1.94. The Labute approximate surface area is 85.4 Å². The molecule has 1 aromatic rings. The van der Waals surface area contributed by atoms with Crippen LogP contribution in [0.1, 0.15) is 24.8 Å². The molecule has 0 saturated carbocycles. The zero-order valence-corrected chi connectivity index (χ0v) is 8.07. The SMILES string of the molecule is [B]c1cccc(CCCCC(=O)O)c1. The van der Waals surface area contributed by atoms with Crippen LogP contribution in [0.25, 0.3) is 0 Å². The van der Waals surface area contributed by atoms with E-state index in [9.17, 15) is 4.79 Å². The van der Waals surface area contributed by atoms with Gasteiger partial charge in [0, 0.05) is 6.42 Å². The van der Waals surface area contributed by atoms with Crippen molar-refractivity contribution in [1.29, 1.82) is 0 Å². The summed E-state index contributed by atoms with van der Waals surface area (Å²) in [4.78, 5) is 10.2. The van der Waals surface area contributed by atoms with E-state index in [0.29, 0.717) is 0 Å². The topological polar surface area (TPSA) is 37.3 Å². The fourth-order valence-electron chi connectivity index (χ4n) is 1.35. The molecule has 0 atom stereocenters. The summed E-state index contributed by atoms with van der Waals surface area (Å²) >= 11 is 0. The Morgan fingerprint density at radius 1 is 1.36 bits per heavy atom. The molecule has 0 heterocycles. The Balaban J connectivity index is 2.28. The van der Waals surface area contributed by atoms with E-state index in [4.69, 9.17) is 13.0 Å². The molecule has 0 aliphatic heterocycles. The summed E-state index contributed by atoms with van der Waals surface area (Å²) in [6.45, 7) is 0. The van der Waals surface area contributed by atoms with E-state index in [1.54, 1.807) is 0 Å². The first-order valence-electron chi connectivity index (χ1n) is 4.74. The van der Waals surface area contributed by atoms with Gasteiger partial charge in [-0.3, -0.25) is 4.79 Å². The minimum atomic E-state index is -0.724. The Kier molecular flexibility index (Phi) is 4.24. The molecule has 0 aliphatic rings. The summed E-state index contributed by atoms with van der Waals surface area (Å²) in [6.07, 6.45) is 2.78. The fraction of sp³-hybridized carbons (Fsp3) is 0.364. The van der Waals surface area contributed by atoms with E-state index in [0.717, 1.165) is 24.7 Å². The first-order valence-corrected chi connectivity index (χ1v) is 4.74. The van der Waals surface area contributed by atoms with Gasteiger partial charge in [-0.2, -0.15) is 0 Å². The van der Waals surface area contributed by atoms with E-state index in [1.807, 2.05) is 24.3 Å². The number of hydrogen-bond acceptors (Lipinski definition) is 1. The number of carboxylic acid groups (broad SMARTS) is 1. The number of carboxylic acids is 1. The first-order chi connectivity index (χ1) is 6.68. The molecule has 0 amide bonds. The van der Waals surface area contributed by atoms with Gasteiger partial charge >= 0.3 is 5.97 Å². The molecule has 0 spiro atoms. The maximum Gasteiger partial charge on any atom is 0.303 e. The van der Waals surface area contributed by atoms with Gasteiger partial charge in [0.2, 0.25) is 0 Å². The van der Waals surface area contributed by atoms with Crippen LogP contribution in [0.3, 0.4) is 0 Å². The first kappa shape index (κ1) is 10.8. The van der Waals surface area contributed by atoms with Gasteiger partial charge in [0.15, 0.2) is 0 Å². The Bertz CT molecular complexity index is 310. The summed E-state index contributed by atoms with van der Waals surface area (Å²) in [6, 6.07) is 7.71. The zero-order valence-electron chi connectivity index (χ0n) is 8.07. The van der Waals surface area contributed by atoms with Crippen LogP contribution in [0.15, 0.2) is 24.3 Å². The molecule has 1 aromatic carbocycles. The third kappa shape index (κ3) is 4.12. The molecular formula is C11H13BO2. The van der Waals surface area contributed by atoms with Crippen LogP contribution in [0.2, 0.25) is 0 Å². The molecule has 0 unspecified atom stereocenters. The average molecular weight is 188 g/mol. The molecule has 0 aromatic heterocycles. The highest BCUT2D eigenvalue weighted by Gasteiger charge is 1.97. The van der Waals surface area contributed by atoms with Crippen molar-refractivity contribution in [2.45, 2.75) is 25.7 Å². The Morgan fingerprint density at radius 3 is 2.79 bits per heavy atom. The van der Waals surface area contributed by atoms with Crippen molar-refractivity contribution in [1.82, 2.24) is 0 Å². The van der Waals surface area contributed by atoms with Gasteiger partial charge in [-0.05, 0) is 24.8 Å². The van der Waals surface area contributed by atoms with Gasteiger partial charge in [0.05, 0.1) is 0 Å². The molecular weight excluding hydrogens is 175 g/mol. The lowest BCUT2D eigenvalue weighted by Crippen LogP contribution is -2.02. The van der Waals surface area contributed by atoms with Gasteiger partial charge < -0.3 is 5.11 Å². The summed E-state index contributed by atoms with van der Waals surface area (Å²) in [5.74, 6) is -0.724. The molecule has 72 valence electrons. The van der Waals surface area contributed by atoms with Crippen LogP contribution in [0, 0.1) is 0 Å². The minimum Gasteiger partial charge on any atom is -0.481 e. The average Bonchev–Trinajstić information content (AvgIpc) is 2.12. The summed E-state index contributed by atoms with van der Waals surface area (Å²) in [5, 5.41) is 8.43. The highest BCUT2D eigenvalue weighted by atomic mass is 16.4. The zero-order chi connectivity index (χ0) is 10.4.